The predicted octanol–water partition coefficient (Wildman–Crippen LogP) is 2.53. The number of thiol groups is 1. The van der Waals surface area contributed by atoms with Crippen molar-refractivity contribution in [3.05, 3.63) is 35.4 Å². The second-order valence-electron chi connectivity index (χ2n) is 3.71. The SMILES string of the molecule is CC(C)N(C)C(=O)c1ccccc1C=O.CS. The van der Waals surface area contributed by atoms with Crippen LogP contribution in [-0.4, -0.2) is 36.4 Å². The first-order chi connectivity index (χ1) is 8.07. The summed E-state index contributed by atoms with van der Waals surface area (Å²) in [6, 6.07) is 6.95. The molecule has 0 atom stereocenters. The van der Waals surface area contributed by atoms with Crippen LogP contribution in [0.3, 0.4) is 0 Å². The molecule has 0 aliphatic heterocycles. The fourth-order valence-corrected chi connectivity index (χ4v) is 1.22. The van der Waals surface area contributed by atoms with Gasteiger partial charge in [-0.3, -0.25) is 9.59 Å². The van der Waals surface area contributed by atoms with Gasteiger partial charge in [0.15, 0.2) is 6.29 Å². The van der Waals surface area contributed by atoms with Crippen molar-refractivity contribution in [1.82, 2.24) is 4.90 Å². The molecule has 1 rings (SSSR count). The molecule has 0 aliphatic rings. The fraction of sp³-hybridized carbons (Fsp3) is 0.385. The Labute approximate surface area is 108 Å². The van der Waals surface area contributed by atoms with Gasteiger partial charge in [0.2, 0.25) is 0 Å². The van der Waals surface area contributed by atoms with Gasteiger partial charge in [-0.2, -0.15) is 12.6 Å². The Morgan fingerprint density at radius 3 is 2.29 bits per heavy atom. The molecular weight excluding hydrogens is 234 g/mol. The number of aldehydes is 1. The topological polar surface area (TPSA) is 37.4 Å². The number of amides is 1. The lowest BCUT2D eigenvalue weighted by atomic mass is 10.1. The van der Waals surface area contributed by atoms with E-state index in [0.29, 0.717) is 17.4 Å². The molecule has 0 aliphatic carbocycles. The highest BCUT2D eigenvalue weighted by atomic mass is 32.1. The number of hydrogen-bond acceptors (Lipinski definition) is 3. The van der Waals surface area contributed by atoms with E-state index < -0.39 is 0 Å². The third-order valence-electron chi connectivity index (χ3n) is 2.41. The van der Waals surface area contributed by atoms with Gasteiger partial charge in [-0.05, 0) is 26.2 Å². The lowest BCUT2D eigenvalue weighted by Crippen LogP contribution is -2.33. The molecule has 1 amide bonds. The van der Waals surface area contributed by atoms with Gasteiger partial charge >= 0.3 is 0 Å². The third-order valence-corrected chi connectivity index (χ3v) is 2.41. The molecule has 94 valence electrons. The van der Waals surface area contributed by atoms with Crippen molar-refractivity contribution in [2.75, 3.05) is 13.3 Å². The van der Waals surface area contributed by atoms with E-state index in [1.54, 1.807) is 42.5 Å². The molecule has 0 heterocycles. The van der Waals surface area contributed by atoms with Crippen molar-refractivity contribution < 1.29 is 9.59 Å². The van der Waals surface area contributed by atoms with Crippen molar-refractivity contribution in [1.29, 1.82) is 0 Å². The Morgan fingerprint density at radius 1 is 1.29 bits per heavy atom. The summed E-state index contributed by atoms with van der Waals surface area (Å²) in [5, 5.41) is 0. The van der Waals surface area contributed by atoms with E-state index in [4.69, 9.17) is 0 Å². The monoisotopic (exact) mass is 253 g/mol. The molecule has 0 fully saturated rings. The highest BCUT2D eigenvalue weighted by Crippen LogP contribution is 2.10. The minimum absolute atomic E-state index is 0.118. The first kappa shape index (κ1) is 15.7. The summed E-state index contributed by atoms with van der Waals surface area (Å²) in [6.07, 6.45) is 2.40. The fourth-order valence-electron chi connectivity index (χ4n) is 1.22. The van der Waals surface area contributed by atoms with Crippen molar-refractivity contribution >= 4 is 24.8 Å². The van der Waals surface area contributed by atoms with Gasteiger partial charge in [0.05, 0.1) is 5.56 Å². The van der Waals surface area contributed by atoms with Gasteiger partial charge in [-0.1, -0.05) is 18.2 Å². The zero-order valence-corrected chi connectivity index (χ0v) is 11.6. The van der Waals surface area contributed by atoms with E-state index in [1.807, 2.05) is 13.8 Å². The Balaban J connectivity index is 0.00000121. The number of carbonyl (C=O) groups is 2. The third kappa shape index (κ3) is 4.23. The van der Waals surface area contributed by atoms with Crippen LogP contribution in [0, 0.1) is 0 Å². The van der Waals surface area contributed by atoms with E-state index >= 15 is 0 Å². The Morgan fingerprint density at radius 2 is 1.82 bits per heavy atom. The van der Waals surface area contributed by atoms with Gasteiger partial charge in [0, 0.05) is 18.7 Å². The quantitative estimate of drug-likeness (QED) is 0.664. The van der Waals surface area contributed by atoms with Gasteiger partial charge in [-0.15, -0.1) is 0 Å². The standard InChI is InChI=1S/C12H15NO2.CH4S/c1-9(2)13(3)12(15)11-7-5-4-6-10(11)8-14;1-2/h4-9H,1-3H3;2H,1H3. The molecule has 0 bridgehead atoms. The van der Waals surface area contributed by atoms with Crippen molar-refractivity contribution in [3.63, 3.8) is 0 Å². The highest BCUT2D eigenvalue weighted by Gasteiger charge is 2.16. The molecule has 0 saturated carbocycles. The van der Waals surface area contributed by atoms with Crippen LogP contribution in [0.1, 0.15) is 34.6 Å². The van der Waals surface area contributed by atoms with Gasteiger partial charge in [0.25, 0.3) is 5.91 Å². The largest absolute Gasteiger partial charge is 0.339 e. The molecule has 0 spiro atoms. The summed E-state index contributed by atoms with van der Waals surface area (Å²) in [6.45, 7) is 3.86. The zero-order valence-electron chi connectivity index (χ0n) is 10.7. The average Bonchev–Trinajstić information content (AvgIpc) is 2.39. The van der Waals surface area contributed by atoms with Crippen molar-refractivity contribution in [2.45, 2.75) is 19.9 Å². The lowest BCUT2D eigenvalue weighted by Gasteiger charge is -2.21. The van der Waals surface area contributed by atoms with Crippen LogP contribution in [-0.2, 0) is 0 Å². The molecule has 0 unspecified atom stereocenters. The molecular formula is C13H19NO2S. The summed E-state index contributed by atoms with van der Waals surface area (Å²) >= 11 is 3.53. The summed E-state index contributed by atoms with van der Waals surface area (Å²) in [5.41, 5.74) is 0.902. The van der Waals surface area contributed by atoms with E-state index in [2.05, 4.69) is 12.6 Å². The van der Waals surface area contributed by atoms with Crippen LogP contribution in [0.15, 0.2) is 24.3 Å². The summed E-state index contributed by atoms with van der Waals surface area (Å²) < 4.78 is 0. The van der Waals surface area contributed by atoms with E-state index in [0.717, 1.165) is 0 Å². The molecule has 0 saturated heterocycles. The first-order valence-electron chi connectivity index (χ1n) is 5.34. The zero-order chi connectivity index (χ0) is 13.4. The summed E-state index contributed by atoms with van der Waals surface area (Å²) in [4.78, 5) is 24.3. The van der Waals surface area contributed by atoms with Crippen LogP contribution in [0.25, 0.3) is 0 Å². The summed E-state index contributed by atoms with van der Waals surface area (Å²) in [7, 11) is 1.73. The first-order valence-corrected chi connectivity index (χ1v) is 6.23. The maximum absolute atomic E-state index is 11.9. The van der Waals surface area contributed by atoms with Crippen LogP contribution in [0.2, 0.25) is 0 Å². The number of benzene rings is 1. The molecule has 0 N–H and O–H groups in total. The number of nitrogens with zero attached hydrogens (tertiary/aromatic N) is 1. The molecule has 4 heteroatoms. The predicted molar refractivity (Wildman–Crippen MR) is 74.0 cm³/mol. The van der Waals surface area contributed by atoms with Crippen molar-refractivity contribution in [3.8, 4) is 0 Å². The van der Waals surface area contributed by atoms with Crippen LogP contribution in [0.5, 0.6) is 0 Å². The highest BCUT2D eigenvalue weighted by molar-refractivity contribution is 7.79. The summed E-state index contributed by atoms with van der Waals surface area (Å²) in [5.74, 6) is -0.118. The van der Waals surface area contributed by atoms with Crippen LogP contribution in [0.4, 0.5) is 0 Å². The molecule has 0 radical (unpaired) electrons. The normalized spacial score (nSPS) is 9.29. The molecule has 0 aromatic heterocycles. The van der Waals surface area contributed by atoms with Crippen LogP contribution >= 0.6 is 12.6 Å². The Bertz CT molecular complexity index is 377. The average molecular weight is 253 g/mol. The second kappa shape index (κ2) is 7.90. The second-order valence-corrected chi connectivity index (χ2v) is 3.71. The van der Waals surface area contributed by atoms with E-state index in [1.165, 1.54) is 0 Å². The van der Waals surface area contributed by atoms with E-state index in [-0.39, 0.29) is 11.9 Å². The maximum Gasteiger partial charge on any atom is 0.254 e. The van der Waals surface area contributed by atoms with Gasteiger partial charge < -0.3 is 4.90 Å². The molecule has 17 heavy (non-hydrogen) atoms. The van der Waals surface area contributed by atoms with Crippen LogP contribution < -0.4 is 0 Å². The minimum atomic E-state index is -0.118. The minimum Gasteiger partial charge on any atom is -0.339 e. The Hall–Kier alpha value is -1.29. The number of hydrogen-bond donors (Lipinski definition) is 1. The smallest absolute Gasteiger partial charge is 0.254 e. The Kier molecular flexibility index (Phi) is 7.30. The number of carbonyl (C=O) groups excluding carboxylic acids is 2. The number of rotatable bonds is 3. The van der Waals surface area contributed by atoms with Crippen molar-refractivity contribution in [2.24, 2.45) is 0 Å². The van der Waals surface area contributed by atoms with E-state index in [9.17, 15) is 9.59 Å². The molecule has 1 aromatic rings. The molecule has 1 aromatic carbocycles. The molecule has 3 nitrogen and oxygen atoms in total. The van der Waals surface area contributed by atoms with Gasteiger partial charge in [-0.25, -0.2) is 0 Å². The lowest BCUT2D eigenvalue weighted by molar-refractivity contribution is 0.0752. The maximum atomic E-state index is 11.9. The van der Waals surface area contributed by atoms with Gasteiger partial charge in [0.1, 0.15) is 0 Å².